The number of rotatable bonds is 3. The molecular weight excluding hydrogens is 266 g/mol. The van der Waals surface area contributed by atoms with Crippen molar-refractivity contribution in [3.8, 4) is 0 Å². The maximum Gasteiger partial charge on any atom is 0.329 e. The summed E-state index contributed by atoms with van der Waals surface area (Å²) in [5.74, 6) is -0.255. The molecule has 5 heteroatoms. The molecular formula is C16H15N3O2. The Morgan fingerprint density at radius 3 is 2.52 bits per heavy atom. The van der Waals surface area contributed by atoms with Gasteiger partial charge in [0.05, 0.1) is 5.69 Å². The fourth-order valence-electron chi connectivity index (χ4n) is 2.43. The van der Waals surface area contributed by atoms with Crippen molar-refractivity contribution >= 4 is 23.3 Å². The minimum Gasteiger partial charge on any atom is -0.399 e. The lowest BCUT2D eigenvalue weighted by Gasteiger charge is -2.13. The van der Waals surface area contributed by atoms with Gasteiger partial charge in [0.15, 0.2) is 0 Å². The molecule has 2 aromatic rings. The molecule has 5 nitrogen and oxygen atoms in total. The summed E-state index contributed by atoms with van der Waals surface area (Å²) in [5, 5.41) is 2.72. The second kappa shape index (κ2) is 5.28. The molecule has 0 aromatic heterocycles. The molecule has 0 bridgehead atoms. The Bertz CT molecular complexity index is 685. The number of carbonyl (C=O) groups excluding carboxylic acids is 2. The van der Waals surface area contributed by atoms with Gasteiger partial charge < -0.3 is 11.1 Å². The molecule has 1 aliphatic heterocycles. The van der Waals surface area contributed by atoms with Crippen molar-refractivity contribution in [2.45, 2.75) is 12.5 Å². The van der Waals surface area contributed by atoms with Crippen LogP contribution >= 0.6 is 0 Å². The molecule has 1 saturated heterocycles. The van der Waals surface area contributed by atoms with E-state index in [1.54, 1.807) is 24.3 Å². The van der Waals surface area contributed by atoms with E-state index in [-0.39, 0.29) is 5.91 Å². The van der Waals surface area contributed by atoms with E-state index in [0.29, 0.717) is 17.8 Å². The lowest BCUT2D eigenvalue weighted by Crippen LogP contribution is -2.32. The summed E-state index contributed by atoms with van der Waals surface area (Å²) < 4.78 is 0. The van der Waals surface area contributed by atoms with Crippen LogP contribution in [0.2, 0.25) is 0 Å². The summed E-state index contributed by atoms with van der Waals surface area (Å²) in [6, 6.07) is 15.4. The minimum absolute atomic E-state index is 0.255. The van der Waals surface area contributed by atoms with E-state index >= 15 is 0 Å². The maximum absolute atomic E-state index is 12.4. The van der Waals surface area contributed by atoms with Crippen LogP contribution in [0.5, 0.6) is 0 Å². The topological polar surface area (TPSA) is 75.4 Å². The largest absolute Gasteiger partial charge is 0.399 e. The van der Waals surface area contributed by atoms with Gasteiger partial charge in [0.25, 0.3) is 5.91 Å². The molecule has 0 radical (unpaired) electrons. The number of benzene rings is 2. The van der Waals surface area contributed by atoms with Gasteiger partial charge in [-0.15, -0.1) is 0 Å². The van der Waals surface area contributed by atoms with E-state index in [2.05, 4.69) is 5.32 Å². The summed E-state index contributed by atoms with van der Waals surface area (Å²) in [6.07, 6.45) is 0.476. The first-order valence-corrected chi connectivity index (χ1v) is 6.69. The van der Waals surface area contributed by atoms with E-state index < -0.39 is 12.1 Å². The highest BCUT2D eigenvalue weighted by Crippen LogP contribution is 2.22. The molecule has 0 aliphatic carbocycles. The fraction of sp³-hybridized carbons (Fsp3) is 0.125. The number of nitrogens with one attached hydrogen (secondary N) is 1. The van der Waals surface area contributed by atoms with Crippen LogP contribution in [0.3, 0.4) is 0 Å². The molecule has 3 N–H and O–H groups in total. The van der Waals surface area contributed by atoms with E-state index in [1.165, 1.54) is 0 Å². The smallest absolute Gasteiger partial charge is 0.329 e. The Morgan fingerprint density at radius 2 is 1.81 bits per heavy atom. The molecule has 0 unspecified atom stereocenters. The Labute approximate surface area is 122 Å². The van der Waals surface area contributed by atoms with E-state index in [0.717, 1.165) is 10.5 Å². The van der Waals surface area contributed by atoms with Crippen molar-refractivity contribution in [1.29, 1.82) is 0 Å². The first-order chi connectivity index (χ1) is 10.1. The average molecular weight is 281 g/mol. The monoisotopic (exact) mass is 281 g/mol. The zero-order chi connectivity index (χ0) is 14.8. The van der Waals surface area contributed by atoms with Gasteiger partial charge in [-0.05, 0) is 23.8 Å². The van der Waals surface area contributed by atoms with Crippen molar-refractivity contribution in [3.63, 3.8) is 0 Å². The second-order valence-electron chi connectivity index (χ2n) is 4.96. The molecule has 1 fully saturated rings. The number of anilines is 2. The summed E-state index contributed by atoms with van der Waals surface area (Å²) in [6.45, 7) is 0. The molecule has 0 saturated carbocycles. The Kier molecular flexibility index (Phi) is 3.31. The van der Waals surface area contributed by atoms with Gasteiger partial charge in [-0.1, -0.05) is 36.4 Å². The Hall–Kier alpha value is -2.82. The van der Waals surface area contributed by atoms with E-state index in [4.69, 9.17) is 5.73 Å². The van der Waals surface area contributed by atoms with Gasteiger partial charge in [-0.25, -0.2) is 9.69 Å². The quantitative estimate of drug-likeness (QED) is 0.667. The summed E-state index contributed by atoms with van der Waals surface area (Å²) in [5.41, 5.74) is 7.72. The number of hydrogen-bond donors (Lipinski definition) is 2. The third-order valence-electron chi connectivity index (χ3n) is 3.43. The van der Waals surface area contributed by atoms with Gasteiger partial charge in [0.1, 0.15) is 6.04 Å². The van der Waals surface area contributed by atoms with E-state index in [9.17, 15) is 9.59 Å². The Morgan fingerprint density at radius 1 is 1.05 bits per heavy atom. The Balaban J connectivity index is 1.82. The lowest BCUT2D eigenvalue weighted by atomic mass is 10.1. The van der Waals surface area contributed by atoms with Gasteiger partial charge in [-0.3, -0.25) is 4.79 Å². The third kappa shape index (κ3) is 2.58. The van der Waals surface area contributed by atoms with Gasteiger partial charge >= 0.3 is 6.03 Å². The van der Waals surface area contributed by atoms with Gasteiger partial charge in [-0.2, -0.15) is 0 Å². The minimum atomic E-state index is -0.540. The molecule has 3 amide bonds. The number of carbonyl (C=O) groups is 2. The number of urea groups is 1. The van der Waals surface area contributed by atoms with Gasteiger partial charge in [0.2, 0.25) is 0 Å². The number of amides is 3. The molecule has 3 rings (SSSR count). The first kappa shape index (κ1) is 13.2. The molecule has 2 aromatic carbocycles. The average Bonchev–Trinajstić information content (AvgIpc) is 2.74. The van der Waals surface area contributed by atoms with Crippen molar-refractivity contribution < 1.29 is 9.59 Å². The lowest BCUT2D eigenvalue weighted by molar-refractivity contribution is -0.118. The third-order valence-corrected chi connectivity index (χ3v) is 3.43. The SMILES string of the molecule is Nc1cccc(N2C(=O)N[C@H](Cc3ccccc3)C2=O)c1. The number of nitrogens with two attached hydrogens (primary N) is 1. The van der Waals surface area contributed by atoms with Crippen LogP contribution in [0.1, 0.15) is 5.56 Å². The van der Waals surface area contributed by atoms with Crippen LogP contribution < -0.4 is 16.0 Å². The van der Waals surface area contributed by atoms with E-state index in [1.807, 2.05) is 30.3 Å². The first-order valence-electron chi connectivity index (χ1n) is 6.69. The normalized spacial score (nSPS) is 17.9. The van der Waals surface area contributed by atoms with Crippen LogP contribution in [-0.4, -0.2) is 18.0 Å². The molecule has 21 heavy (non-hydrogen) atoms. The molecule has 1 aliphatic rings. The van der Waals surface area contributed by atoms with Crippen LogP contribution in [0.15, 0.2) is 54.6 Å². The highest BCUT2D eigenvalue weighted by atomic mass is 16.2. The molecule has 1 atom stereocenters. The predicted octanol–water partition coefficient (Wildman–Crippen LogP) is 1.94. The summed E-state index contributed by atoms with van der Waals surface area (Å²) in [7, 11) is 0. The van der Waals surface area contributed by atoms with Gasteiger partial charge in [0, 0.05) is 12.1 Å². The van der Waals surface area contributed by atoms with Crippen LogP contribution in [0, 0.1) is 0 Å². The fourth-order valence-corrected chi connectivity index (χ4v) is 2.43. The number of nitrogens with zero attached hydrogens (tertiary/aromatic N) is 1. The molecule has 106 valence electrons. The zero-order valence-electron chi connectivity index (χ0n) is 11.3. The van der Waals surface area contributed by atoms with Crippen molar-refractivity contribution in [2.24, 2.45) is 0 Å². The van der Waals surface area contributed by atoms with Crippen LogP contribution in [0.4, 0.5) is 16.2 Å². The number of imide groups is 1. The number of hydrogen-bond acceptors (Lipinski definition) is 3. The maximum atomic E-state index is 12.4. The summed E-state index contributed by atoms with van der Waals surface area (Å²) in [4.78, 5) is 25.6. The predicted molar refractivity (Wildman–Crippen MR) is 80.8 cm³/mol. The van der Waals surface area contributed by atoms with Crippen LogP contribution in [-0.2, 0) is 11.2 Å². The van der Waals surface area contributed by atoms with Crippen molar-refractivity contribution in [3.05, 3.63) is 60.2 Å². The number of nitrogen functional groups attached to an aromatic ring is 1. The molecule has 0 spiro atoms. The zero-order valence-corrected chi connectivity index (χ0v) is 11.3. The second-order valence-corrected chi connectivity index (χ2v) is 4.96. The van der Waals surface area contributed by atoms with Crippen molar-refractivity contribution in [1.82, 2.24) is 5.32 Å². The summed E-state index contributed by atoms with van der Waals surface area (Å²) >= 11 is 0. The highest BCUT2D eigenvalue weighted by molar-refractivity contribution is 6.21. The molecule has 1 heterocycles. The highest BCUT2D eigenvalue weighted by Gasteiger charge is 2.38. The van der Waals surface area contributed by atoms with Crippen molar-refractivity contribution in [2.75, 3.05) is 10.6 Å². The van der Waals surface area contributed by atoms with Crippen LogP contribution in [0.25, 0.3) is 0 Å². The standard InChI is InChI=1S/C16H15N3O2/c17-12-7-4-8-13(10-12)19-15(20)14(18-16(19)21)9-11-5-2-1-3-6-11/h1-8,10,14H,9,17H2,(H,18,21)/t14-/m1/s1.